The van der Waals surface area contributed by atoms with Crippen molar-refractivity contribution in [3.8, 4) is 16.9 Å². The van der Waals surface area contributed by atoms with E-state index in [1.165, 1.54) is 6.33 Å². The van der Waals surface area contributed by atoms with Gasteiger partial charge < -0.3 is 9.15 Å². The molecule has 2 heterocycles. The molecular formula is C13H9BrN2O2. The Kier molecular flexibility index (Phi) is 2.76. The molecular weight excluding hydrogens is 296 g/mol. The molecule has 0 saturated carbocycles. The third-order valence-corrected chi connectivity index (χ3v) is 3.26. The molecule has 18 heavy (non-hydrogen) atoms. The van der Waals surface area contributed by atoms with Crippen molar-refractivity contribution in [1.82, 2.24) is 9.97 Å². The number of aromatic nitrogens is 2. The highest BCUT2D eigenvalue weighted by atomic mass is 79.9. The molecule has 4 nitrogen and oxygen atoms in total. The van der Waals surface area contributed by atoms with Crippen LogP contribution in [0.5, 0.6) is 5.75 Å². The van der Waals surface area contributed by atoms with Crippen LogP contribution in [0.2, 0.25) is 0 Å². The first-order chi connectivity index (χ1) is 8.79. The lowest BCUT2D eigenvalue weighted by atomic mass is 10.1. The van der Waals surface area contributed by atoms with Gasteiger partial charge >= 0.3 is 0 Å². The van der Waals surface area contributed by atoms with Crippen LogP contribution in [0.3, 0.4) is 0 Å². The van der Waals surface area contributed by atoms with Crippen LogP contribution in [0.1, 0.15) is 0 Å². The Morgan fingerprint density at radius 2 is 2.00 bits per heavy atom. The van der Waals surface area contributed by atoms with Gasteiger partial charge in [-0.3, -0.25) is 0 Å². The van der Waals surface area contributed by atoms with Gasteiger partial charge in [0.2, 0.25) is 5.71 Å². The largest absolute Gasteiger partial charge is 0.497 e. The highest BCUT2D eigenvalue weighted by Gasteiger charge is 2.14. The molecule has 0 bridgehead atoms. The Hall–Kier alpha value is -1.88. The van der Waals surface area contributed by atoms with Crippen molar-refractivity contribution in [2.45, 2.75) is 0 Å². The van der Waals surface area contributed by atoms with Crippen molar-refractivity contribution in [2.24, 2.45) is 0 Å². The molecule has 90 valence electrons. The minimum atomic E-state index is 0.572. The summed E-state index contributed by atoms with van der Waals surface area (Å²) in [6.07, 6.45) is 3.21. The lowest BCUT2D eigenvalue weighted by molar-refractivity contribution is 0.415. The van der Waals surface area contributed by atoms with E-state index in [4.69, 9.17) is 9.15 Å². The maximum atomic E-state index is 5.54. The van der Waals surface area contributed by atoms with E-state index in [0.29, 0.717) is 10.4 Å². The molecule has 5 heteroatoms. The quantitative estimate of drug-likeness (QED) is 0.725. The van der Waals surface area contributed by atoms with Crippen molar-refractivity contribution in [3.05, 3.63) is 41.5 Å². The van der Waals surface area contributed by atoms with Crippen LogP contribution < -0.4 is 4.74 Å². The summed E-state index contributed by atoms with van der Waals surface area (Å²) < 4.78 is 11.3. The molecule has 1 aromatic carbocycles. The monoisotopic (exact) mass is 304 g/mol. The molecule has 0 amide bonds. The van der Waals surface area contributed by atoms with Crippen molar-refractivity contribution in [2.75, 3.05) is 7.11 Å². The normalized spacial score (nSPS) is 10.8. The number of nitrogens with zero attached hydrogens (tertiary/aromatic N) is 2. The molecule has 0 radical (unpaired) electrons. The van der Waals surface area contributed by atoms with Crippen LogP contribution in [0.15, 0.2) is 45.9 Å². The summed E-state index contributed by atoms with van der Waals surface area (Å²) >= 11 is 3.42. The molecule has 0 fully saturated rings. The fourth-order valence-corrected chi connectivity index (χ4v) is 2.44. The standard InChI is InChI=1S/C13H9BrN2O2/c1-17-9-4-2-8(3-5-9)11-10-6-15-7-16-13(10)18-12(11)14/h2-7H,1H3. The topological polar surface area (TPSA) is 48.2 Å². The van der Waals surface area contributed by atoms with E-state index >= 15 is 0 Å². The Bertz CT molecular complexity index is 692. The summed E-state index contributed by atoms with van der Waals surface area (Å²) in [6.45, 7) is 0. The molecule has 2 aromatic heterocycles. The smallest absolute Gasteiger partial charge is 0.231 e. The van der Waals surface area contributed by atoms with Crippen LogP contribution in [-0.2, 0) is 0 Å². The number of hydrogen-bond acceptors (Lipinski definition) is 4. The minimum absolute atomic E-state index is 0.572. The SMILES string of the molecule is COc1ccc(-c2c(Br)oc3ncncc23)cc1. The van der Waals surface area contributed by atoms with E-state index < -0.39 is 0 Å². The number of furan rings is 1. The molecule has 0 aliphatic carbocycles. The molecule has 0 atom stereocenters. The number of ether oxygens (including phenoxy) is 1. The van der Waals surface area contributed by atoms with E-state index in [1.807, 2.05) is 24.3 Å². The van der Waals surface area contributed by atoms with Crippen LogP contribution in [0, 0.1) is 0 Å². The molecule has 0 unspecified atom stereocenters. The zero-order valence-corrected chi connectivity index (χ0v) is 11.1. The molecule has 0 saturated heterocycles. The van der Waals surface area contributed by atoms with Gasteiger partial charge in [0.25, 0.3) is 0 Å². The van der Waals surface area contributed by atoms with Gasteiger partial charge in [-0.05, 0) is 33.6 Å². The lowest BCUT2D eigenvalue weighted by Gasteiger charge is -2.02. The van der Waals surface area contributed by atoms with E-state index in [1.54, 1.807) is 13.3 Å². The Morgan fingerprint density at radius 1 is 1.22 bits per heavy atom. The van der Waals surface area contributed by atoms with Gasteiger partial charge in [0.1, 0.15) is 12.1 Å². The third kappa shape index (κ3) is 1.76. The highest BCUT2D eigenvalue weighted by Crippen LogP contribution is 2.37. The van der Waals surface area contributed by atoms with Gasteiger partial charge in [-0.15, -0.1) is 0 Å². The van der Waals surface area contributed by atoms with Crippen molar-refractivity contribution >= 4 is 27.0 Å². The zero-order chi connectivity index (χ0) is 12.5. The van der Waals surface area contributed by atoms with Crippen LogP contribution >= 0.6 is 15.9 Å². The number of fused-ring (bicyclic) bond motifs is 1. The van der Waals surface area contributed by atoms with Crippen molar-refractivity contribution in [3.63, 3.8) is 0 Å². The number of rotatable bonds is 2. The first kappa shape index (κ1) is 11.2. The Labute approximate surface area is 112 Å². The number of halogens is 1. The predicted octanol–water partition coefficient (Wildman–Crippen LogP) is 3.66. The van der Waals surface area contributed by atoms with Gasteiger partial charge in [-0.2, -0.15) is 0 Å². The summed E-state index contributed by atoms with van der Waals surface area (Å²) in [7, 11) is 1.64. The maximum Gasteiger partial charge on any atom is 0.231 e. The fraction of sp³-hybridized carbons (Fsp3) is 0.0769. The summed E-state index contributed by atoms with van der Waals surface area (Å²) in [5.41, 5.74) is 2.55. The van der Waals surface area contributed by atoms with Gasteiger partial charge in [0.05, 0.1) is 12.5 Å². The van der Waals surface area contributed by atoms with Gasteiger partial charge in [0, 0.05) is 11.8 Å². The minimum Gasteiger partial charge on any atom is -0.497 e. The lowest BCUT2D eigenvalue weighted by Crippen LogP contribution is -1.83. The van der Waals surface area contributed by atoms with E-state index in [9.17, 15) is 0 Å². The number of methoxy groups -OCH3 is 1. The number of hydrogen-bond donors (Lipinski definition) is 0. The first-order valence-electron chi connectivity index (χ1n) is 5.32. The molecule has 0 aliphatic heterocycles. The summed E-state index contributed by atoms with van der Waals surface area (Å²) in [5.74, 6) is 0.818. The van der Waals surface area contributed by atoms with Gasteiger partial charge in [-0.25, -0.2) is 9.97 Å². The van der Waals surface area contributed by atoms with E-state index in [0.717, 1.165) is 22.3 Å². The first-order valence-corrected chi connectivity index (χ1v) is 6.11. The van der Waals surface area contributed by atoms with E-state index in [-0.39, 0.29) is 0 Å². The second-order valence-electron chi connectivity index (χ2n) is 3.72. The van der Waals surface area contributed by atoms with Gasteiger partial charge in [0.15, 0.2) is 4.67 Å². The summed E-state index contributed by atoms with van der Waals surface area (Å²) in [5, 5.41) is 0.884. The molecule has 0 N–H and O–H groups in total. The van der Waals surface area contributed by atoms with Crippen LogP contribution in [0.4, 0.5) is 0 Å². The highest BCUT2D eigenvalue weighted by molar-refractivity contribution is 9.10. The van der Waals surface area contributed by atoms with E-state index in [2.05, 4.69) is 25.9 Å². The van der Waals surface area contributed by atoms with Crippen molar-refractivity contribution < 1.29 is 9.15 Å². The zero-order valence-electron chi connectivity index (χ0n) is 9.55. The molecule has 0 spiro atoms. The molecule has 3 aromatic rings. The predicted molar refractivity (Wildman–Crippen MR) is 71.5 cm³/mol. The second kappa shape index (κ2) is 4.42. The fourth-order valence-electron chi connectivity index (χ4n) is 1.84. The summed E-state index contributed by atoms with van der Waals surface area (Å²) in [4.78, 5) is 8.12. The molecule has 3 rings (SSSR count). The van der Waals surface area contributed by atoms with Crippen LogP contribution in [0.25, 0.3) is 22.2 Å². The Morgan fingerprint density at radius 3 is 2.72 bits per heavy atom. The van der Waals surface area contributed by atoms with Crippen molar-refractivity contribution in [1.29, 1.82) is 0 Å². The average molecular weight is 305 g/mol. The molecule has 0 aliphatic rings. The van der Waals surface area contributed by atoms with Gasteiger partial charge in [-0.1, -0.05) is 12.1 Å². The maximum absolute atomic E-state index is 5.54. The number of benzene rings is 1. The second-order valence-corrected chi connectivity index (χ2v) is 4.44. The third-order valence-electron chi connectivity index (χ3n) is 2.71. The summed E-state index contributed by atoms with van der Waals surface area (Å²) in [6, 6.07) is 7.76. The average Bonchev–Trinajstić information content (AvgIpc) is 2.75. The van der Waals surface area contributed by atoms with Crippen LogP contribution in [-0.4, -0.2) is 17.1 Å². The Balaban J connectivity index is 2.20.